The third-order valence-electron chi connectivity index (χ3n) is 4.49. The van der Waals surface area contributed by atoms with E-state index < -0.39 is 10.0 Å². The van der Waals surface area contributed by atoms with Crippen LogP contribution in [0.4, 0.5) is 0 Å². The lowest BCUT2D eigenvalue weighted by atomic mass is 10.1. The minimum absolute atomic E-state index is 0.122. The van der Waals surface area contributed by atoms with Crippen molar-refractivity contribution in [3.63, 3.8) is 0 Å². The molecule has 0 saturated carbocycles. The van der Waals surface area contributed by atoms with Crippen LogP contribution in [0.3, 0.4) is 0 Å². The lowest BCUT2D eigenvalue weighted by Crippen LogP contribution is -2.42. The number of nitrogens with zero attached hydrogens (tertiary/aromatic N) is 3. The molecule has 1 N–H and O–H groups in total. The Morgan fingerprint density at radius 3 is 2.85 bits per heavy atom. The number of hydrogen-bond acceptors (Lipinski definition) is 5. The van der Waals surface area contributed by atoms with E-state index >= 15 is 0 Å². The van der Waals surface area contributed by atoms with Gasteiger partial charge in [0, 0.05) is 19.8 Å². The Bertz CT molecular complexity index is 923. The molecule has 2 aromatic rings. The first-order valence-corrected chi connectivity index (χ1v) is 9.68. The molecule has 26 heavy (non-hydrogen) atoms. The fourth-order valence-electron chi connectivity index (χ4n) is 3.13. The van der Waals surface area contributed by atoms with Crippen molar-refractivity contribution >= 4 is 15.9 Å². The molecule has 1 aromatic heterocycles. The molecule has 1 aromatic carbocycles. The van der Waals surface area contributed by atoms with Gasteiger partial charge >= 0.3 is 0 Å². The number of rotatable bonds is 5. The van der Waals surface area contributed by atoms with E-state index in [2.05, 4.69) is 10.4 Å². The van der Waals surface area contributed by atoms with Crippen LogP contribution in [-0.4, -0.2) is 49.1 Å². The smallest absolute Gasteiger partial charge is 0.247 e. The van der Waals surface area contributed by atoms with Crippen molar-refractivity contribution < 1.29 is 17.9 Å². The van der Waals surface area contributed by atoms with Crippen molar-refractivity contribution in [2.45, 2.75) is 30.8 Å². The average molecular weight is 378 g/mol. The van der Waals surface area contributed by atoms with Crippen molar-refractivity contribution in [1.82, 2.24) is 19.4 Å². The molecule has 2 heterocycles. The zero-order valence-electron chi connectivity index (χ0n) is 15.0. The number of aromatic nitrogens is 2. The van der Waals surface area contributed by atoms with Crippen molar-refractivity contribution in [3.8, 4) is 5.75 Å². The van der Waals surface area contributed by atoms with Crippen molar-refractivity contribution in [2.24, 2.45) is 0 Å². The summed E-state index contributed by atoms with van der Waals surface area (Å²) in [5.74, 6) is 0.149. The van der Waals surface area contributed by atoms with Gasteiger partial charge in [-0.2, -0.15) is 9.40 Å². The van der Waals surface area contributed by atoms with Crippen LogP contribution >= 0.6 is 0 Å². The van der Waals surface area contributed by atoms with Gasteiger partial charge in [-0.15, -0.1) is 0 Å². The largest absolute Gasteiger partial charge is 0.495 e. The summed E-state index contributed by atoms with van der Waals surface area (Å²) in [6.07, 6.45) is 1.77. The molecular formula is C17H22N4O4S. The monoisotopic (exact) mass is 378 g/mol. The minimum atomic E-state index is -3.78. The first kappa shape index (κ1) is 18.4. The molecule has 1 amide bonds. The average Bonchev–Trinajstić information content (AvgIpc) is 3.10. The summed E-state index contributed by atoms with van der Waals surface area (Å²) in [5, 5.41) is 6.83. The summed E-state index contributed by atoms with van der Waals surface area (Å²) in [6.45, 7) is 2.24. The van der Waals surface area contributed by atoms with Crippen LogP contribution < -0.4 is 10.1 Å². The maximum absolute atomic E-state index is 13.2. The SMILES string of the molecule is CNC(=O)C[C@@H]1CN(S(=O)(=O)c2ccc(C)cc2OC)Cc2ccnn21. The zero-order chi connectivity index (χ0) is 18.9. The number of fused-ring (bicyclic) bond motifs is 1. The summed E-state index contributed by atoms with van der Waals surface area (Å²) in [4.78, 5) is 12.0. The Morgan fingerprint density at radius 2 is 2.15 bits per heavy atom. The Labute approximate surface area is 152 Å². The number of nitrogens with one attached hydrogen (secondary N) is 1. The number of hydrogen-bond donors (Lipinski definition) is 1. The van der Waals surface area contributed by atoms with Crippen molar-refractivity contribution in [3.05, 3.63) is 41.7 Å². The molecule has 1 aliphatic rings. The number of sulfonamides is 1. The van der Waals surface area contributed by atoms with Gasteiger partial charge in [-0.25, -0.2) is 8.42 Å². The highest BCUT2D eigenvalue weighted by atomic mass is 32.2. The Morgan fingerprint density at radius 1 is 1.38 bits per heavy atom. The topological polar surface area (TPSA) is 93.5 Å². The zero-order valence-corrected chi connectivity index (χ0v) is 15.8. The number of aryl methyl sites for hydroxylation is 1. The molecule has 1 aliphatic heterocycles. The van der Waals surface area contributed by atoms with Crippen molar-refractivity contribution in [1.29, 1.82) is 0 Å². The second-order valence-corrected chi connectivity index (χ2v) is 8.16. The third-order valence-corrected chi connectivity index (χ3v) is 6.34. The van der Waals surface area contributed by atoms with E-state index in [0.717, 1.165) is 11.3 Å². The number of benzene rings is 1. The van der Waals surface area contributed by atoms with Gasteiger partial charge in [-0.3, -0.25) is 9.48 Å². The second-order valence-electron chi connectivity index (χ2n) is 6.25. The second kappa shape index (κ2) is 7.08. The van der Waals surface area contributed by atoms with Gasteiger partial charge in [-0.1, -0.05) is 6.07 Å². The number of methoxy groups -OCH3 is 1. The lowest BCUT2D eigenvalue weighted by molar-refractivity contribution is -0.121. The molecule has 140 valence electrons. The first-order valence-electron chi connectivity index (χ1n) is 8.24. The molecule has 3 rings (SSSR count). The van der Waals surface area contributed by atoms with Crippen LogP contribution in [0.1, 0.15) is 23.7 Å². The normalized spacial score (nSPS) is 17.6. The summed E-state index contributed by atoms with van der Waals surface area (Å²) in [7, 11) is -0.774. The van der Waals surface area contributed by atoms with E-state index in [1.54, 1.807) is 42.2 Å². The molecular weight excluding hydrogens is 356 g/mol. The maximum Gasteiger partial charge on any atom is 0.247 e. The fraction of sp³-hybridized carbons (Fsp3) is 0.412. The molecule has 0 fully saturated rings. The molecule has 8 nitrogen and oxygen atoms in total. The van der Waals surface area contributed by atoms with E-state index in [0.29, 0.717) is 5.75 Å². The highest BCUT2D eigenvalue weighted by Crippen LogP contribution is 2.32. The summed E-state index contributed by atoms with van der Waals surface area (Å²) < 4.78 is 34.8. The van der Waals surface area contributed by atoms with E-state index in [9.17, 15) is 13.2 Å². The van der Waals surface area contributed by atoms with Crippen LogP contribution in [0.2, 0.25) is 0 Å². The Balaban J connectivity index is 1.98. The van der Waals surface area contributed by atoms with Crippen LogP contribution in [-0.2, 0) is 21.4 Å². The number of carbonyl (C=O) groups is 1. The fourth-order valence-corrected chi connectivity index (χ4v) is 4.72. The molecule has 0 radical (unpaired) electrons. The molecule has 9 heteroatoms. The highest BCUT2D eigenvalue weighted by Gasteiger charge is 2.35. The van der Waals surface area contributed by atoms with E-state index in [1.165, 1.54) is 11.4 Å². The van der Waals surface area contributed by atoms with Gasteiger partial charge in [0.05, 0.1) is 31.8 Å². The van der Waals surface area contributed by atoms with E-state index in [1.807, 2.05) is 6.92 Å². The van der Waals surface area contributed by atoms with Crippen LogP contribution in [0, 0.1) is 6.92 Å². The Hall–Kier alpha value is -2.39. The summed E-state index contributed by atoms with van der Waals surface area (Å²) in [5.41, 5.74) is 1.66. The predicted molar refractivity (Wildman–Crippen MR) is 95.3 cm³/mol. The van der Waals surface area contributed by atoms with Crippen LogP contribution in [0.25, 0.3) is 0 Å². The summed E-state index contributed by atoms with van der Waals surface area (Å²) >= 11 is 0. The van der Waals surface area contributed by atoms with Gasteiger partial charge < -0.3 is 10.1 Å². The van der Waals surface area contributed by atoms with Crippen LogP contribution in [0.5, 0.6) is 5.75 Å². The molecule has 1 atom stereocenters. The lowest BCUT2D eigenvalue weighted by Gasteiger charge is -2.33. The molecule has 0 aliphatic carbocycles. The van der Waals surface area contributed by atoms with E-state index in [4.69, 9.17) is 4.74 Å². The molecule has 0 spiro atoms. The Kier molecular flexibility index (Phi) is 5.01. The van der Waals surface area contributed by atoms with Gasteiger partial charge in [0.2, 0.25) is 15.9 Å². The third kappa shape index (κ3) is 3.32. The molecule has 0 unspecified atom stereocenters. The number of carbonyl (C=O) groups excluding carboxylic acids is 1. The molecule has 0 bridgehead atoms. The predicted octanol–water partition coefficient (Wildman–Crippen LogP) is 1.08. The first-order chi connectivity index (χ1) is 12.4. The van der Waals surface area contributed by atoms with Crippen LogP contribution in [0.15, 0.2) is 35.4 Å². The van der Waals surface area contributed by atoms with E-state index in [-0.39, 0.29) is 36.4 Å². The summed E-state index contributed by atoms with van der Waals surface area (Å²) in [6, 6.07) is 6.41. The number of amides is 1. The highest BCUT2D eigenvalue weighted by molar-refractivity contribution is 7.89. The standard InChI is InChI=1S/C17H22N4O4S/c1-12-4-5-16(15(8-12)25-3)26(23,24)20-10-13-6-7-19-21(13)14(11-20)9-17(22)18-2/h4-8,14H,9-11H2,1-3H3,(H,18,22)/t14-/m1/s1. The quantitative estimate of drug-likeness (QED) is 0.840. The minimum Gasteiger partial charge on any atom is -0.495 e. The van der Waals surface area contributed by atoms with Gasteiger partial charge in [0.1, 0.15) is 10.6 Å². The van der Waals surface area contributed by atoms with Crippen molar-refractivity contribution in [2.75, 3.05) is 20.7 Å². The van der Waals surface area contributed by atoms with Gasteiger partial charge in [0.25, 0.3) is 0 Å². The van der Waals surface area contributed by atoms with Gasteiger partial charge in [-0.05, 0) is 30.7 Å². The van der Waals surface area contributed by atoms with Gasteiger partial charge in [0.15, 0.2) is 0 Å². The number of ether oxygens (including phenoxy) is 1. The maximum atomic E-state index is 13.2. The molecule has 0 saturated heterocycles.